The lowest BCUT2D eigenvalue weighted by Gasteiger charge is -2.16. The Balaban J connectivity index is 2.14. The number of anilines is 1. The number of aryl methyl sites for hydroxylation is 1. The number of benzene rings is 2. The van der Waals surface area contributed by atoms with Crippen molar-refractivity contribution < 1.29 is 17.9 Å². The number of carbonyl (C=O) groups is 1. The van der Waals surface area contributed by atoms with Crippen LogP contribution < -0.4 is 14.8 Å². The molecule has 1 atom stereocenters. The van der Waals surface area contributed by atoms with E-state index in [2.05, 4.69) is 10.0 Å². The highest BCUT2D eigenvalue weighted by Crippen LogP contribution is 2.27. The number of methoxy groups -OCH3 is 1. The number of ether oxygens (including phenoxy) is 1. The number of carbonyl (C=O) groups excluding carboxylic acids is 1. The zero-order chi connectivity index (χ0) is 19.5. The molecule has 0 radical (unpaired) electrons. The third-order valence-corrected chi connectivity index (χ3v) is 5.86. The van der Waals surface area contributed by atoms with Crippen LogP contribution >= 0.6 is 11.6 Å². The standard InChI is InChI=1S/C18H21ClN2O4S/c1-11-6-5-7-16(12(11)2)20-18(22)13(3)21-26(23,24)14-8-9-17(25-4)15(19)10-14/h5-10,13,21H,1-4H3,(H,20,22)/t13-/m1/s1. The Hall–Kier alpha value is -2.09. The molecule has 0 aliphatic heterocycles. The number of nitrogens with one attached hydrogen (secondary N) is 2. The van der Waals surface area contributed by atoms with Crippen LogP contribution in [0.25, 0.3) is 0 Å². The van der Waals surface area contributed by atoms with Crippen LogP contribution in [0.2, 0.25) is 5.02 Å². The predicted molar refractivity (Wildman–Crippen MR) is 102 cm³/mol. The van der Waals surface area contributed by atoms with E-state index in [4.69, 9.17) is 16.3 Å². The Labute approximate surface area is 158 Å². The summed E-state index contributed by atoms with van der Waals surface area (Å²) in [7, 11) is -2.48. The topological polar surface area (TPSA) is 84.5 Å². The van der Waals surface area contributed by atoms with Crippen LogP contribution in [0.5, 0.6) is 5.75 Å². The van der Waals surface area contributed by atoms with Gasteiger partial charge in [-0.2, -0.15) is 4.72 Å². The third kappa shape index (κ3) is 4.55. The van der Waals surface area contributed by atoms with Gasteiger partial charge in [0, 0.05) is 5.69 Å². The maximum absolute atomic E-state index is 12.5. The van der Waals surface area contributed by atoms with Gasteiger partial charge in [-0.15, -0.1) is 0 Å². The van der Waals surface area contributed by atoms with E-state index in [9.17, 15) is 13.2 Å². The van der Waals surface area contributed by atoms with Crippen molar-refractivity contribution in [3.63, 3.8) is 0 Å². The van der Waals surface area contributed by atoms with Gasteiger partial charge in [-0.05, 0) is 56.2 Å². The fourth-order valence-corrected chi connectivity index (χ4v) is 3.85. The smallest absolute Gasteiger partial charge is 0.242 e. The average molecular weight is 397 g/mol. The number of hydrogen-bond acceptors (Lipinski definition) is 4. The van der Waals surface area contributed by atoms with Gasteiger partial charge in [-0.3, -0.25) is 4.79 Å². The summed E-state index contributed by atoms with van der Waals surface area (Å²) in [6, 6.07) is 8.65. The van der Waals surface area contributed by atoms with E-state index in [0.29, 0.717) is 11.4 Å². The molecule has 0 saturated heterocycles. The number of sulfonamides is 1. The van der Waals surface area contributed by atoms with E-state index in [-0.39, 0.29) is 9.92 Å². The van der Waals surface area contributed by atoms with Gasteiger partial charge in [-0.25, -0.2) is 8.42 Å². The highest BCUT2D eigenvalue weighted by molar-refractivity contribution is 7.89. The summed E-state index contributed by atoms with van der Waals surface area (Å²) < 4.78 is 32.3. The Kier molecular flexibility index (Phi) is 6.28. The Bertz CT molecular complexity index is 929. The van der Waals surface area contributed by atoms with E-state index >= 15 is 0 Å². The van der Waals surface area contributed by atoms with Crippen molar-refractivity contribution in [1.29, 1.82) is 0 Å². The van der Waals surface area contributed by atoms with Crippen molar-refractivity contribution in [2.24, 2.45) is 0 Å². The monoisotopic (exact) mass is 396 g/mol. The molecule has 8 heteroatoms. The third-order valence-electron chi connectivity index (χ3n) is 4.02. The number of hydrogen-bond donors (Lipinski definition) is 2. The molecule has 0 aliphatic carbocycles. The fourth-order valence-electron chi connectivity index (χ4n) is 2.30. The molecule has 1 amide bonds. The molecule has 2 aromatic rings. The maximum Gasteiger partial charge on any atom is 0.242 e. The normalized spacial score (nSPS) is 12.5. The summed E-state index contributed by atoms with van der Waals surface area (Å²) in [5.41, 5.74) is 2.61. The van der Waals surface area contributed by atoms with Gasteiger partial charge in [0.05, 0.1) is 23.1 Å². The minimum absolute atomic E-state index is 0.0466. The molecule has 2 aromatic carbocycles. The summed E-state index contributed by atoms with van der Waals surface area (Å²) in [5, 5.41) is 2.91. The van der Waals surface area contributed by atoms with E-state index < -0.39 is 22.0 Å². The second kappa shape index (κ2) is 8.07. The first kappa shape index (κ1) is 20.2. The van der Waals surface area contributed by atoms with Crippen LogP contribution in [0.15, 0.2) is 41.3 Å². The maximum atomic E-state index is 12.5. The molecule has 0 aliphatic rings. The van der Waals surface area contributed by atoms with E-state index in [1.807, 2.05) is 26.0 Å². The Morgan fingerprint density at radius 2 is 1.88 bits per heavy atom. The van der Waals surface area contributed by atoms with E-state index in [0.717, 1.165) is 11.1 Å². The molecule has 0 spiro atoms. The molecule has 0 heterocycles. The molecule has 0 bridgehead atoms. The van der Waals surface area contributed by atoms with Gasteiger partial charge in [0.25, 0.3) is 0 Å². The highest BCUT2D eigenvalue weighted by atomic mass is 35.5. The van der Waals surface area contributed by atoms with E-state index in [1.54, 1.807) is 6.07 Å². The first-order valence-corrected chi connectivity index (χ1v) is 9.74. The summed E-state index contributed by atoms with van der Waals surface area (Å²) in [4.78, 5) is 12.3. The van der Waals surface area contributed by atoms with Gasteiger partial charge in [0.1, 0.15) is 5.75 Å². The average Bonchev–Trinajstić information content (AvgIpc) is 2.58. The Morgan fingerprint density at radius 3 is 2.50 bits per heavy atom. The van der Waals surface area contributed by atoms with Crippen molar-refractivity contribution in [2.75, 3.05) is 12.4 Å². The van der Waals surface area contributed by atoms with Gasteiger partial charge >= 0.3 is 0 Å². The summed E-state index contributed by atoms with van der Waals surface area (Å²) in [6.07, 6.45) is 0. The van der Waals surface area contributed by atoms with Crippen LogP contribution in [-0.4, -0.2) is 27.5 Å². The summed E-state index contributed by atoms with van der Waals surface area (Å²) in [6.45, 7) is 5.30. The molecule has 0 unspecified atom stereocenters. The molecular weight excluding hydrogens is 376 g/mol. The van der Waals surface area contributed by atoms with Crippen LogP contribution in [0, 0.1) is 13.8 Å². The predicted octanol–water partition coefficient (Wildman–Crippen LogP) is 3.27. The number of amides is 1. The molecule has 140 valence electrons. The first-order valence-electron chi connectivity index (χ1n) is 7.88. The van der Waals surface area contributed by atoms with Crippen LogP contribution in [0.4, 0.5) is 5.69 Å². The zero-order valence-electron chi connectivity index (χ0n) is 15.0. The quantitative estimate of drug-likeness (QED) is 0.784. The zero-order valence-corrected chi connectivity index (χ0v) is 16.5. The van der Waals surface area contributed by atoms with Gasteiger partial charge in [-0.1, -0.05) is 23.7 Å². The molecule has 2 N–H and O–H groups in total. The second-order valence-corrected chi connectivity index (χ2v) is 8.00. The largest absolute Gasteiger partial charge is 0.495 e. The van der Waals surface area contributed by atoms with Gasteiger partial charge in [0.2, 0.25) is 15.9 Å². The van der Waals surface area contributed by atoms with E-state index in [1.165, 1.54) is 32.2 Å². The van der Waals surface area contributed by atoms with Crippen molar-refractivity contribution in [1.82, 2.24) is 4.72 Å². The lowest BCUT2D eigenvalue weighted by molar-refractivity contribution is -0.117. The van der Waals surface area contributed by atoms with Crippen molar-refractivity contribution >= 4 is 33.2 Å². The van der Waals surface area contributed by atoms with Crippen LogP contribution in [-0.2, 0) is 14.8 Å². The van der Waals surface area contributed by atoms with Crippen molar-refractivity contribution in [3.8, 4) is 5.75 Å². The number of rotatable bonds is 6. The first-order chi connectivity index (χ1) is 12.2. The Morgan fingerprint density at radius 1 is 1.19 bits per heavy atom. The van der Waals surface area contributed by atoms with Gasteiger partial charge < -0.3 is 10.1 Å². The summed E-state index contributed by atoms with van der Waals surface area (Å²) in [5.74, 6) is -0.0896. The lowest BCUT2D eigenvalue weighted by atomic mass is 10.1. The molecule has 0 fully saturated rings. The molecular formula is C18H21ClN2O4S. The minimum Gasteiger partial charge on any atom is -0.495 e. The van der Waals surface area contributed by atoms with Gasteiger partial charge in [0.15, 0.2) is 0 Å². The fraction of sp³-hybridized carbons (Fsp3) is 0.278. The summed E-state index contributed by atoms with van der Waals surface area (Å²) >= 11 is 5.98. The molecule has 0 aromatic heterocycles. The molecule has 26 heavy (non-hydrogen) atoms. The lowest BCUT2D eigenvalue weighted by Crippen LogP contribution is -2.41. The number of halogens is 1. The van der Waals surface area contributed by atoms with Crippen LogP contribution in [0.1, 0.15) is 18.1 Å². The van der Waals surface area contributed by atoms with Crippen LogP contribution in [0.3, 0.4) is 0 Å². The molecule has 0 saturated carbocycles. The second-order valence-electron chi connectivity index (χ2n) is 5.88. The molecule has 2 rings (SSSR count). The minimum atomic E-state index is -3.91. The molecule has 6 nitrogen and oxygen atoms in total. The SMILES string of the molecule is COc1ccc(S(=O)(=O)N[C@H](C)C(=O)Nc2cccc(C)c2C)cc1Cl. The van der Waals surface area contributed by atoms with Crippen molar-refractivity contribution in [3.05, 3.63) is 52.5 Å². The van der Waals surface area contributed by atoms with Crippen molar-refractivity contribution in [2.45, 2.75) is 31.7 Å². The highest BCUT2D eigenvalue weighted by Gasteiger charge is 2.23.